The Kier molecular flexibility index (Phi) is 4.76. The van der Waals surface area contributed by atoms with Crippen molar-refractivity contribution >= 4 is 23.2 Å². The molecule has 1 rings (SSSR count). The van der Waals surface area contributed by atoms with E-state index in [2.05, 4.69) is 0 Å². The van der Waals surface area contributed by atoms with Crippen molar-refractivity contribution in [2.45, 2.75) is 20.8 Å². The Hall–Kier alpha value is 0.423. The summed E-state index contributed by atoms with van der Waals surface area (Å²) in [6.07, 6.45) is 0. The van der Waals surface area contributed by atoms with Crippen LogP contribution in [0.5, 0.6) is 0 Å². The molecule has 66 valence electrons. The summed E-state index contributed by atoms with van der Waals surface area (Å²) in [7, 11) is 0. The van der Waals surface area contributed by atoms with Crippen LogP contribution in [0.25, 0.3) is 0 Å². The predicted octanol–water partition coefficient (Wildman–Crippen LogP) is 3.92. The van der Waals surface area contributed by atoms with Gasteiger partial charge in [0.05, 0.1) is 0 Å². The van der Waals surface area contributed by atoms with Gasteiger partial charge in [0.15, 0.2) is 0 Å². The van der Waals surface area contributed by atoms with Gasteiger partial charge in [0, 0.05) is 10.0 Å². The zero-order valence-corrected chi connectivity index (χ0v) is 10.4. The van der Waals surface area contributed by atoms with Gasteiger partial charge in [0.25, 0.3) is 0 Å². The van der Waals surface area contributed by atoms with Crippen molar-refractivity contribution in [1.29, 1.82) is 0 Å². The van der Waals surface area contributed by atoms with E-state index >= 15 is 0 Å². The molecule has 0 radical (unpaired) electrons. The first-order valence-corrected chi connectivity index (χ1v) is 4.21. The van der Waals surface area contributed by atoms with Crippen LogP contribution in [0.4, 0.5) is 0 Å². The van der Waals surface area contributed by atoms with Gasteiger partial charge >= 0.3 is 19.5 Å². The second-order valence-electron chi connectivity index (χ2n) is 2.76. The monoisotopic (exact) mass is 290 g/mol. The Morgan fingerprint density at radius 2 is 1.25 bits per heavy atom. The average molecular weight is 290 g/mol. The topological polar surface area (TPSA) is 0 Å². The normalized spacial score (nSPS) is 9.42. The second-order valence-corrected chi connectivity index (χ2v) is 3.52. The quantitative estimate of drug-likeness (QED) is 0.635. The standard InChI is InChI=1S/C9H10Cl2.Ru/c1-5-4-6(2)9(11)7(3)8(5)10;/h4H,1-3H3;/q;+2. The Morgan fingerprint density at radius 3 is 1.58 bits per heavy atom. The molecule has 1 aromatic rings. The minimum atomic E-state index is 0. The van der Waals surface area contributed by atoms with Gasteiger partial charge < -0.3 is 0 Å². The van der Waals surface area contributed by atoms with Gasteiger partial charge in [-0.1, -0.05) is 29.3 Å². The maximum atomic E-state index is 5.97. The molecule has 0 aliphatic carbocycles. The molecule has 0 unspecified atom stereocenters. The Bertz CT molecular complexity index is 269. The molecule has 0 nitrogen and oxygen atoms in total. The van der Waals surface area contributed by atoms with Crippen LogP contribution in [-0.4, -0.2) is 0 Å². The number of benzene rings is 1. The third-order valence-electron chi connectivity index (χ3n) is 1.78. The van der Waals surface area contributed by atoms with E-state index in [1.54, 1.807) is 0 Å². The summed E-state index contributed by atoms with van der Waals surface area (Å²) < 4.78 is 0. The molecular formula is C9H10Cl2Ru+2. The van der Waals surface area contributed by atoms with Gasteiger partial charge in [0.2, 0.25) is 0 Å². The summed E-state index contributed by atoms with van der Waals surface area (Å²) in [6, 6.07) is 2.00. The van der Waals surface area contributed by atoms with Crippen LogP contribution in [0.3, 0.4) is 0 Å². The molecular weight excluding hydrogens is 280 g/mol. The molecule has 0 bridgehead atoms. The van der Waals surface area contributed by atoms with Crippen molar-refractivity contribution in [3.05, 3.63) is 32.8 Å². The van der Waals surface area contributed by atoms with E-state index in [0.29, 0.717) is 0 Å². The van der Waals surface area contributed by atoms with E-state index in [9.17, 15) is 0 Å². The van der Waals surface area contributed by atoms with Crippen LogP contribution in [0.2, 0.25) is 10.0 Å². The van der Waals surface area contributed by atoms with Crippen molar-refractivity contribution < 1.29 is 19.5 Å². The molecule has 3 heteroatoms. The van der Waals surface area contributed by atoms with Crippen molar-refractivity contribution in [2.24, 2.45) is 0 Å². The Labute approximate surface area is 96.0 Å². The molecule has 0 aliphatic heterocycles. The number of aryl methyl sites for hydroxylation is 2. The summed E-state index contributed by atoms with van der Waals surface area (Å²) in [5.41, 5.74) is 3.16. The third-order valence-corrected chi connectivity index (χ3v) is 2.95. The Balaban J connectivity index is 0.00000121. The van der Waals surface area contributed by atoms with Crippen molar-refractivity contribution in [3.63, 3.8) is 0 Å². The fourth-order valence-electron chi connectivity index (χ4n) is 1.14. The van der Waals surface area contributed by atoms with Gasteiger partial charge in [-0.2, -0.15) is 0 Å². The second kappa shape index (κ2) is 4.60. The molecule has 0 aromatic heterocycles. The maximum absolute atomic E-state index is 5.97. The van der Waals surface area contributed by atoms with Crippen LogP contribution < -0.4 is 0 Å². The van der Waals surface area contributed by atoms with Crippen LogP contribution in [0, 0.1) is 20.8 Å². The van der Waals surface area contributed by atoms with E-state index in [4.69, 9.17) is 23.2 Å². The first-order chi connectivity index (χ1) is 5.04. The molecule has 0 spiro atoms. The number of rotatable bonds is 0. The molecule has 0 aliphatic rings. The number of hydrogen-bond donors (Lipinski definition) is 0. The van der Waals surface area contributed by atoms with Crippen LogP contribution in [-0.2, 0) is 19.5 Å². The molecule has 1 aromatic carbocycles. The molecule has 0 atom stereocenters. The smallest absolute Gasteiger partial charge is 0.0837 e. The third kappa shape index (κ3) is 2.22. The maximum Gasteiger partial charge on any atom is 2.00 e. The van der Waals surface area contributed by atoms with Crippen molar-refractivity contribution in [1.82, 2.24) is 0 Å². The largest absolute Gasteiger partial charge is 2.00 e. The molecule has 0 saturated carbocycles. The minimum Gasteiger partial charge on any atom is -0.0837 e. The minimum absolute atomic E-state index is 0. The van der Waals surface area contributed by atoms with Gasteiger partial charge in [-0.15, -0.1) is 0 Å². The summed E-state index contributed by atoms with van der Waals surface area (Å²) in [6.45, 7) is 5.90. The van der Waals surface area contributed by atoms with Crippen molar-refractivity contribution in [2.75, 3.05) is 0 Å². The summed E-state index contributed by atoms with van der Waals surface area (Å²) in [5.74, 6) is 0. The summed E-state index contributed by atoms with van der Waals surface area (Å²) in [4.78, 5) is 0. The number of hydrogen-bond acceptors (Lipinski definition) is 0. The number of halogens is 2. The molecule has 12 heavy (non-hydrogen) atoms. The zero-order valence-electron chi connectivity index (χ0n) is 7.19. The zero-order chi connectivity index (χ0) is 8.59. The van der Waals surface area contributed by atoms with E-state index in [-0.39, 0.29) is 19.5 Å². The fourth-order valence-corrected chi connectivity index (χ4v) is 1.49. The first kappa shape index (κ1) is 12.4. The average Bonchev–Trinajstić information content (AvgIpc) is 1.97. The molecule has 0 N–H and O–H groups in total. The predicted molar refractivity (Wildman–Crippen MR) is 50.7 cm³/mol. The van der Waals surface area contributed by atoms with Gasteiger partial charge in [-0.05, 0) is 37.5 Å². The molecule has 0 saturated heterocycles. The van der Waals surface area contributed by atoms with E-state index in [1.807, 2.05) is 26.8 Å². The van der Waals surface area contributed by atoms with Gasteiger partial charge in [-0.25, -0.2) is 0 Å². The van der Waals surface area contributed by atoms with Crippen molar-refractivity contribution in [3.8, 4) is 0 Å². The van der Waals surface area contributed by atoms with E-state index in [1.165, 1.54) is 0 Å². The Morgan fingerprint density at radius 1 is 0.917 bits per heavy atom. The van der Waals surface area contributed by atoms with Crippen LogP contribution >= 0.6 is 23.2 Å². The summed E-state index contributed by atoms with van der Waals surface area (Å²) >= 11 is 11.9. The summed E-state index contributed by atoms with van der Waals surface area (Å²) in [5, 5.41) is 1.56. The molecule has 0 amide bonds. The first-order valence-electron chi connectivity index (χ1n) is 3.46. The van der Waals surface area contributed by atoms with Crippen LogP contribution in [0.1, 0.15) is 16.7 Å². The SMILES string of the molecule is Cc1cc(C)c(Cl)c(C)c1Cl.[Ru+2]. The van der Waals surface area contributed by atoms with E-state index in [0.717, 1.165) is 26.7 Å². The fraction of sp³-hybridized carbons (Fsp3) is 0.333. The van der Waals surface area contributed by atoms with Gasteiger partial charge in [-0.3, -0.25) is 0 Å². The van der Waals surface area contributed by atoms with Gasteiger partial charge in [0.1, 0.15) is 0 Å². The molecule has 0 fully saturated rings. The van der Waals surface area contributed by atoms with Crippen LogP contribution in [0.15, 0.2) is 6.07 Å². The van der Waals surface area contributed by atoms with E-state index < -0.39 is 0 Å². The molecule has 0 heterocycles.